The summed E-state index contributed by atoms with van der Waals surface area (Å²) in [5, 5.41) is 5.55. The van der Waals surface area contributed by atoms with Gasteiger partial charge in [0.05, 0.1) is 0 Å². The quantitative estimate of drug-likeness (QED) is 0.583. The van der Waals surface area contributed by atoms with Crippen LogP contribution in [-0.4, -0.2) is 29.5 Å². The molecule has 0 saturated carbocycles. The third-order valence-electron chi connectivity index (χ3n) is 4.42. The van der Waals surface area contributed by atoms with Crippen molar-refractivity contribution < 1.29 is 9.59 Å². The third kappa shape index (κ3) is 5.58. The lowest BCUT2D eigenvalue weighted by Crippen LogP contribution is -2.35. The Bertz CT molecular complexity index is 830. The molecule has 5 nitrogen and oxygen atoms in total. The zero-order chi connectivity index (χ0) is 20.0. The number of hydrogen-bond donors (Lipinski definition) is 2. The standard InChI is InChI=1S/C22H29N3O2/c1-15(2)22(27)24-13-12-23-21(26)11-8-19-14-17(4)25(18(19)5)20-9-6-16(3)7-10-20/h6-11,14-15H,12-13H2,1-5H3,(H,23,26)(H,24,27)/b11-8+. The highest BCUT2D eigenvalue weighted by Crippen LogP contribution is 2.22. The molecule has 0 spiro atoms. The van der Waals surface area contributed by atoms with Crippen LogP contribution in [0.2, 0.25) is 0 Å². The molecule has 0 unspecified atom stereocenters. The molecule has 0 saturated heterocycles. The summed E-state index contributed by atoms with van der Waals surface area (Å²) >= 11 is 0. The Kier molecular flexibility index (Phi) is 6.99. The first kappa shape index (κ1) is 20.5. The Morgan fingerprint density at radius 2 is 1.67 bits per heavy atom. The van der Waals surface area contributed by atoms with Crippen LogP contribution in [0.15, 0.2) is 36.4 Å². The van der Waals surface area contributed by atoms with Gasteiger partial charge in [-0.05, 0) is 50.6 Å². The summed E-state index contributed by atoms with van der Waals surface area (Å²) in [7, 11) is 0. The van der Waals surface area contributed by atoms with Crippen LogP contribution < -0.4 is 10.6 Å². The molecule has 27 heavy (non-hydrogen) atoms. The van der Waals surface area contributed by atoms with E-state index in [1.54, 1.807) is 0 Å². The molecule has 1 aromatic heterocycles. The summed E-state index contributed by atoms with van der Waals surface area (Å²) in [4.78, 5) is 23.5. The molecule has 1 heterocycles. The molecule has 0 fully saturated rings. The average molecular weight is 367 g/mol. The molecule has 2 rings (SSSR count). The zero-order valence-corrected chi connectivity index (χ0v) is 16.8. The molecule has 2 N–H and O–H groups in total. The van der Waals surface area contributed by atoms with E-state index >= 15 is 0 Å². The van der Waals surface area contributed by atoms with Crippen molar-refractivity contribution in [2.75, 3.05) is 13.1 Å². The number of carbonyl (C=O) groups is 2. The first-order valence-electron chi connectivity index (χ1n) is 9.29. The van der Waals surface area contributed by atoms with Crippen LogP contribution in [0.5, 0.6) is 0 Å². The number of nitrogens with zero attached hydrogens (tertiary/aromatic N) is 1. The van der Waals surface area contributed by atoms with Gasteiger partial charge < -0.3 is 15.2 Å². The van der Waals surface area contributed by atoms with Gasteiger partial charge in [0.1, 0.15) is 0 Å². The van der Waals surface area contributed by atoms with E-state index in [2.05, 4.69) is 59.4 Å². The molecule has 0 atom stereocenters. The maximum atomic E-state index is 12.0. The molecule has 5 heteroatoms. The van der Waals surface area contributed by atoms with Crippen LogP contribution in [0.1, 0.15) is 36.4 Å². The molecule has 0 radical (unpaired) electrons. The monoisotopic (exact) mass is 367 g/mol. The van der Waals surface area contributed by atoms with Crippen molar-refractivity contribution in [1.82, 2.24) is 15.2 Å². The van der Waals surface area contributed by atoms with Gasteiger partial charge in [0, 0.05) is 42.2 Å². The number of rotatable bonds is 7. The van der Waals surface area contributed by atoms with E-state index in [1.807, 2.05) is 26.8 Å². The fourth-order valence-electron chi connectivity index (χ4n) is 2.85. The first-order valence-corrected chi connectivity index (χ1v) is 9.29. The predicted molar refractivity (Wildman–Crippen MR) is 110 cm³/mol. The first-order chi connectivity index (χ1) is 12.8. The van der Waals surface area contributed by atoms with Crippen molar-refractivity contribution in [2.24, 2.45) is 5.92 Å². The lowest BCUT2D eigenvalue weighted by molar-refractivity contribution is -0.124. The van der Waals surface area contributed by atoms with Crippen molar-refractivity contribution >= 4 is 17.9 Å². The molecule has 0 aliphatic heterocycles. The number of hydrogen-bond acceptors (Lipinski definition) is 2. The summed E-state index contributed by atoms with van der Waals surface area (Å²) in [5.41, 5.74) is 5.55. The Morgan fingerprint density at radius 3 is 2.30 bits per heavy atom. The normalized spacial score (nSPS) is 11.2. The minimum absolute atomic E-state index is 0.0108. The molecular weight excluding hydrogens is 338 g/mol. The van der Waals surface area contributed by atoms with Gasteiger partial charge in [-0.1, -0.05) is 31.5 Å². The van der Waals surface area contributed by atoms with Gasteiger partial charge in [-0.25, -0.2) is 0 Å². The molecule has 1 aromatic carbocycles. The highest BCUT2D eigenvalue weighted by Gasteiger charge is 2.09. The zero-order valence-electron chi connectivity index (χ0n) is 16.8. The van der Waals surface area contributed by atoms with E-state index in [-0.39, 0.29) is 17.7 Å². The molecule has 2 amide bonds. The maximum Gasteiger partial charge on any atom is 0.244 e. The van der Waals surface area contributed by atoms with E-state index in [4.69, 9.17) is 0 Å². The number of nitrogens with one attached hydrogen (secondary N) is 2. The lowest BCUT2D eigenvalue weighted by Gasteiger charge is -2.10. The Balaban J connectivity index is 1.97. The van der Waals surface area contributed by atoms with Crippen molar-refractivity contribution in [3.8, 4) is 5.69 Å². The number of aromatic nitrogens is 1. The van der Waals surface area contributed by atoms with Crippen molar-refractivity contribution in [3.05, 3.63) is 58.9 Å². The second-order valence-corrected chi connectivity index (χ2v) is 7.07. The van der Waals surface area contributed by atoms with Crippen molar-refractivity contribution in [2.45, 2.75) is 34.6 Å². The molecule has 0 aliphatic carbocycles. The topological polar surface area (TPSA) is 63.1 Å². The number of carbonyl (C=O) groups excluding carboxylic acids is 2. The van der Waals surface area contributed by atoms with Gasteiger partial charge in [0.25, 0.3) is 0 Å². The van der Waals surface area contributed by atoms with E-state index in [0.29, 0.717) is 13.1 Å². The molecule has 0 bridgehead atoms. The Hall–Kier alpha value is -2.82. The van der Waals surface area contributed by atoms with E-state index in [0.717, 1.165) is 22.6 Å². The molecule has 0 aliphatic rings. The summed E-state index contributed by atoms with van der Waals surface area (Å²) in [6, 6.07) is 10.5. The summed E-state index contributed by atoms with van der Waals surface area (Å²) in [6.07, 6.45) is 3.36. The fraction of sp³-hybridized carbons (Fsp3) is 0.364. The van der Waals surface area contributed by atoms with Crippen LogP contribution in [0, 0.1) is 26.7 Å². The number of aryl methyl sites for hydroxylation is 2. The Morgan fingerprint density at radius 1 is 1.04 bits per heavy atom. The Labute approximate surface area is 161 Å². The second-order valence-electron chi connectivity index (χ2n) is 7.07. The van der Waals surface area contributed by atoms with Crippen LogP contribution >= 0.6 is 0 Å². The number of amides is 2. The van der Waals surface area contributed by atoms with E-state index in [9.17, 15) is 9.59 Å². The predicted octanol–water partition coefficient (Wildman–Crippen LogP) is 3.30. The highest BCUT2D eigenvalue weighted by atomic mass is 16.2. The maximum absolute atomic E-state index is 12.0. The minimum atomic E-state index is -0.172. The van der Waals surface area contributed by atoms with Gasteiger partial charge in [-0.3, -0.25) is 9.59 Å². The van der Waals surface area contributed by atoms with Gasteiger partial charge in [0.2, 0.25) is 11.8 Å². The second kappa shape index (κ2) is 9.21. The van der Waals surface area contributed by atoms with Crippen LogP contribution in [0.25, 0.3) is 11.8 Å². The number of benzene rings is 1. The van der Waals surface area contributed by atoms with Gasteiger partial charge >= 0.3 is 0 Å². The minimum Gasteiger partial charge on any atom is -0.354 e. The van der Waals surface area contributed by atoms with Gasteiger partial charge in [-0.2, -0.15) is 0 Å². The van der Waals surface area contributed by atoms with E-state index in [1.165, 1.54) is 11.6 Å². The summed E-state index contributed by atoms with van der Waals surface area (Å²) in [5.74, 6) is -0.235. The van der Waals surface area contributed by atoms with Crippen LogP contribution in [-0.2, 0) is 9.59 Å². The summed E-state index contributed by atoms with van der Waals surface area (Å²) < 4.78 is 2.18. The van der Waals surface area contributed by atoms with Crippen molar-refractivity contribution in [3.63, 3.8) is 0 Å². The molecule has 2 aromatic rings. The SMILES string of the molecule is Cc1ccc(-n2c(C)cc(/C=C/C(=O)NCCNC(=O)C(C)C)c2C)cc1. The fourth-order valence-corrected chi connectivity index (χ4v) is 2.85. The van der Waals surface area contributed by atoms with Crippen LogP contribution in [0.4, 0.5) is 0 Å². The average Bonchev–Trinajstić information content (AvgIpc) is 2.91. The highest BCUT2D eigenvalue weighted by molar-refractivity contribution is 5.92. The van der Waals surface area contributed by atoms with Gasteiger partial charge in [0.15, 0.2) is 0 Å². The molecular formula is C22H29N3O2. The largest absolute Gasteiger partial charge is 0.354 e. The smallest absolute Gasteiger partial charge is 0.244 e. The van der Waals surface area contributed by atoms with Crippen molar-refractivity contribution in [1.29, 1.82) is 0 Å². The molecule has 144 valence electrons. The lowest BCUT2D eigenvalue weighted by atomic mass is 10.2. The van der Waals surface area contributed by atoms with Crippen LogP contribution in [0.3, 0.4) is 0 Å². The summed E-state index contributed by atoms with van der Waals surface area (Å²) in [6.45, 7) is 10.7. The van der Waals surface area contributed by atoms with E-state index < -0.39 is 0 Å². The third-order valence-corrected chi connectivity index (χ3v) is 4.42. The van der Waals surface area contributed by atoms with Gasteiger partial charge in [-0.15, -0.1) is 0 Å².